The number of sulfonamides is 1. The smallest absolute Gasteiger partial charge is 0.243 e. The lowest BCUT2D eigenvalue weighted by atomic mass is 9.93. The van der Waals surface area contributed by atoms with E-state index in [1.165, 1.54) is 0 Å². The third kappa shape index (κ3) is 6.62. The molecule has 1 fully saturated rings. The number of unbranched alkanes of at least 4 members (excludes halogenated alkanes) is 2. The first-order valence-electron chi connectivity index (χ1n) is 13.9. The first kappa shape index (κ1) is 28.3. The summed E-state index contributed by atoms with van der Waals surface area (Å²) in [6, 6.07) is 7.04. The first-order chi connectivity index (χ1) is 18.3. The Balaban J connectivity index is 1.57. The fourth-order valence-corrected chi connectivity index (χ4v) is 6.26. The van der Waals surface area contributed by atoms with Crippen molar-refractivity contribution in [3.8, 4) is 0 Å². The van der Waals surface area contributed by atoms with Crippen LogP contribution < -0.4 is 10.6 Å². The molecule has 0 aliphatic heterocycles. The molecule has 0 spiro atoms. The highest BCUT2D eigenvalue weighted by Gasteiger charge is 2.24. The summed E-state index contributed by atoms with van der Waals surface area (Å²) in [6.07, 6.45) is 8.36. The summed E-state index contributed by atoms with van der Waals surface area (Å²) in [5.74, 6) is 1.07. The minimum Gasteiger partial charge on any atom is -0.393 e. The number of fused-ring (bicyclic) bond motifs is 1. The van der Waals surface area contributed by atoms with Crippen LogP contribution >= 0.6 is 0 Å². The summed E-state index contributed by atoms with van der Waals surface area (Å²) in [5, 5.41) is 16.6. The molecule has 2 heterocycles. The van der Waals surface area contributed by atoms with E-state index < -0.39 is 10.0 Å². The molecular weight excluding hydrogens is 502 g/mol. The second-order valence-corrected chi connectivity index (χ2v) is 11.9. The Kier molecular flexibility index (Phi) is 9.56. The number of rotatable bonds is 13. The molecule has 38 heavy (non-hydrogen) atoms. The molecule has 1 aromatic carbocycles. The van der Waals surface area contributed by atoms with E-state index in [0.717, 1.165) is 69.2 Å². The van der Waals surface area contributed by atoms with Crippen LogP contribution in [0.15, 0.2) is 35.5 Å². The molecule has 2 aromatic heterocycles. The summed E-state index contributed by atoms with van der Waals surface area (Å²) in [6.45, 7) is 7.97. The molecule has 0 atom stereocenters. The summed E-state index contributed by atoms with van der Waals surface area (Å²) in [7, 11) is -3.56. The molecule has 1 aliphatic rings. The zero-order valence-corrected chi connectivity index (χ0v) is 23.5. The van der Waals surface area contributed by atoms with Crippen molar-refractivity contribution in [2.75, 3.05) is 23.7 Å². The lowest BCUT2D eigenvalue weighted by Crippen LogP contribution is -2.33. The maximum absolute atomic E-state index is 13.3. The monoisotopic (exact) mass is 543 g/mol. The number of nitrogens with zero attached hydrogens (tertiary/aromatic N) is 5. The van der Waals surface area contributed by atoms with Crippen LogP contribution in [0.4, 0.5) is 17.5 Å². The SMILES string of the molecule is CCCCN(CCCC)S(=O)(=O)c1ccc(Nc2nc(N[C@H]3CC[C@H](O)CC3)nc3c2ncn3CC)cc1. The van der Waals surface area contributed by atoms with Crippen molar-refractivity contribution in [1.82, 2.24) is 23.8 Å². The lowest BCUT2D eigenvalue weighted by molar-refractivity contribution is 0.126. The number of hydrogen-bond donors (Lipinski definition) is 3. The highest BCUT2D eigenvalue weighted by atomic mass is 32.2. The van der Waals surface area contributed by atoms with E-state index in [4.69, 9.17) is 9.97 Å². The van der Waals surface area contributed by atoms with Crippen LogP contribution in [0.3, 0.4) is 0 Å². The minimum atomic E-state index is -3.56. The topological polar surface area (TPSA) is 125 Å². The van der Waals surface area contributed by atoms with E-state index in [1.807, 2.05) is 11.5 Å². The average molecular weight is 544 g/mol. The fourth-order valence-electron chi connectivity index (χ4n) is 4.75. The molecule has 3 aromatic rings. The van der Waals surface area contributed by atoms with Gasteiger partial charge in [-0.15, -0.1) is 0 Å². The Bertz CT molecular complexity index is 1280. The van der Waals surface area contributed by atoms with Crippen LogP contribution in [-0.4, -0.2) is 62.6 Å². The van der Waals surface area contributed by atoms with Crippen molar-refractivity contribution >= 4 is 38.6 Å². The summed E-state index contributed by atoms with van der Waals surface area (Å²) < 4.78 is 30.2. The second kappa shape index (κ2) is 12.9. The van der Waals surface area contributed by atoms with Gasteiger partial charge in [-0.3, -0.25) is 0 Å². The lowest BCUT2D eigenvalue weighted by Gasteiger charge is -2.26. The second-order valence-electron chi connectivity index (χ2n) is 10.0. The molecule has 0 amide bonds. The van der Waals surface area contributed by atoms with Gasteiger partial charge in [0.1, 0.15) is 0 Å². The maximum Gasteiger partial charge on any atom is 0.243 e. The minimum absolute atomic E-state index is 0.203. The Morgan fingerprint density at radius 2 is 1.66 bits per heavy atom. The van der Waals surface area contributed by atoms with Crippen LogP contribution in [0.1, 0.15) is 72.1 Å². The largest absolute Gasteiger partial charge is 0.393 e. The van der Waals surface area contributed by atoms with Gasteiger partial charge in [0, 0.05) is 31.4 Å². The number of anilines is 3. The van der Waals surface area contributed by atoms with Crippen LogP contribution in [0.2, 0.25) is 0 Å². The Morgan fingerprint density at radius 3 is 2.26 bits per heavy atom. The predicted molar refractivity (Wildman–Crippen MR) is 151 cm³/mol. The van der Waals surface area contributed by atoms with Crippen molar-refractivity contribution in [3.63, 3.8) is 0 Å². The van der Waals surface area contributed by atoms with Gasteiger partial charge in [0.15, 0.2) is 17.0 Å². The average Bonchev–Trinajstić information content (AvgIpc) is 3.33. The summed E-state index contributed by atoms with van der Waals surface area (Å²) in [5.41, 5.74) is 2.10. The Hall–Kier alpha value is -2.76. The molecular formula is C27H41N7O3S. The third-order valence-corrected chi connectivity index (χ3v) is 9.02. The van der Waals surface area contributed by atoms with Gasteiger partial charge in [-0.2, -0.15) is 14.3 Å². The number of aryl methyl sites for hydroxylation is 1. The molecule has 208 valence electrons. The van der Waals surface area contributed by atoms with Crippen molar-refractivity contribution in [2.24, 2.45) is 0 Å². The molecule has 10 nitrogen and oxygen atoms in total. The molecule has 1 saturated carbocycles. The number of aliphatic hydroxyl groups is 1. The highest BCUT2D eigenvalue weighted by molar-refractivity contribution is 7.89. The quantitative estimate of drug-likeness (QED) is 0.278. The van der Waals surface area contributed by atoms with E-state index >= 15 is 0 Å². The zero-order chi connectivity index (χ0) is 27.1. The van der Waals surface area contributed by atoms with Gasteiger partial charge in [0.25, 0.3) is 0 Å². The van der Waals surface area contributed by atoms with Crippen molar-refractivity contribution in [1.29, 1.82) is 0 Å². The van der Waals surface area contributed by atoms with E-state index in [9.17, 15) is 13.5 Å². The summed E-state index contributed by atoms with van der Waals surface area (Å²) >= 11 is 0. The molecule has 0 bridgehead atoms. The molecule has 0 saturated heterocycles. The van der Waals surface area contributed by atoms with Crippen molar-refractivity contribution in [2.45, 2.75) is 95.7 Å². The molecule has 3 N–H and O–H groups in total. The highest BCUT2D eigenvalue weighted by Crippen LogP contribution is 2.28. The van der Waals surface area contributed by atoms with Crippen molar-refractivity contribution in [3.05, 3.63) is 30.6 Å². The van der Waals surface area contributed by atoms with Crippen LogP contribution in [0.25, 0.3) is 11.2 Å². The normalized spacial score (nSPS) is 18.2. The standard InChI is InChI=1S/C27H41N7O3S/c1-4-7-17-34(18-8-5-2)38(36,37)23-15-11-20(12-16-23)29-25-24-26(33(6-3)19-28-24)32-27(31-25)30-21-9-13-22(35)14-10-21/h11-12,15-16,19,21-22,35H,4-10,13-14,17-18H2,1-3H3,(H2,29,30,31,32)/t21-,22-. The maximum atomic E-state index is 13.3. The van der Waals surface area contributed by atoms with E-state index in [0.29, 0.717) is 35.3 Å². The zero-order valence-electron chi connectivity index (χ0n) is 22.7. The van der Waals surface area contributed by atoms with Gasteiger partial charge in [0.05, 0.1) is 17.3 Å². The third-order valence-electron chi connectivity index (χ3n) is 7.11. The Labute approximate surface area is 225 Å². The van der Waals surface area contributed by atoms with E-state index in [2.05, 4.69) is 29.5 Å². The number of aromatic nitrogens is 4. The number of benzene rings is 1. The van der Waals surface area contributed by atoms with Crippen molar-refractivity contribution < 1.29 is 13.5 Å². The van der Waals surface area contributed by atoms with Crippen LogP contribution in [0, 0.1) is 0 Å². The molecule has 4 rings (SSSR count). The van der Waals surface area contributed by atoms with Gasteiger partial charge in [-0.25, -0.2) is 13.4 Å². The van der Waals surface area contributed by atoms with E-state index in [1.54, 1.807) is 34.9 Å². The number of imidazole rings is 1. The molecule has 0 unspecified atom stereocenters. The molecule has 1 aliphatic carbocycles. The van der Waals surface area contributed by atoms with Gasteiger partial charge >= 0.3 is 0 Å². The molecule has 0 radical (unpaired) electrons. The molecule has 11 heteroatoms. The van der Waals surface area contributed by atoms with Crippen LogP contribution in [0.5, 0.6) is 0 Å². The van der Waals surface area contributed by atoms with Crippen LogP contribution in [-0.2, 0) is 16.6 Å². The predicted octanol–water partition coefficient (Wildman–Crippen LogP) is 4.90. The Morgan fingerprint density at radius 1 is 1.00 bits per heavy atom. The fraction of sp³-hybridized carbons (Fsp3) is 0.593. The van der Waals surface area contributed by atoms with Gasteiger partial charge in [-0.05, 0) is 69.7 Å². The number of aliphatic hydroxyl groups excluding tert-OH is 1. The number of nitrogens with one attached hydrogen (secondary N) is 2. The van der Waals surface area contributed by atoms with Gasteiger partial charge in [-0.1, -0.05) is 26.7 Å². The van der Waals surface area contributed by atoms with E-state index in [-0.39, 0.29) is 12.1 Å². The summed E-state index contributed by atoms with van der Waals surface area (Å²) in [4.78, 5) is 14.3. The number of hydrogen-bond acceptors (Lipinski definition) is 8. The van der Waals surface area contributed by atoms with Gasteiger partial charge in [0.2, 0.25) is 16.0 Å². The van der Waals surface area contributed by atoms with Gasteiger partial charge < -0.3 is 20.3 Å². The first-order valence-corrected chi connectivity index (χ1v) is 15.3.